The number of fused-ring (bicyclic) bond motifs is 7. The van der Waals surface area contributed by atoms with Crippen LogP contribution in [0.1, 0.15) is 36.8 Å². The second-order valence-corrected chi connectivity index (χ2v) is 11.6. The first kappa shape index (κ1) is 25.2. The zero-order valence-electron chi connectivity index (χ0n) is 23.1. The van der Waals surface area contributed by atoms with Gasteiger partial charge in [-0.15, -0.1) is 0 Å². The molecule has 4 aromatic rings. The van der Waals surface area contributed by atoms with Crippen molar-refractivity contribution in [2.45, 2.75) is 44.2 Å². The molecule has 1 fully saturated rings. The summed E-state index contributed by atoms with van der Waals surface area (Å²) >= 11 is 0. The van der Waals surface area contributed by atoms with Gasteiger partial charge in [0, 0.05) is 43.0 Å². The number of hydrogen-bond acceptors (Lipinski definition) is 8. The molecule has 8 rings (SSSR count). The van der Waals surface area contributed by atoms with Gasteiger partial charge in [0.15, 0.2) is 35.5 Å². The van der Waals surface area contributed by atoms with Crippen molar-refractivity contribution in [1.82, 2.24) is 29.2 Å². The van der Waals surface area contributed by atoms with Crippen molar-refractivity contribution >= 4 is 34.4 Å². The summed E-state index contributed by atoms with van der Waals surface area (Å²) in [5, 5.41) is 3.58. The number of pyridine rings is 1. The molecule has 1 aromatic carbocycles. The fraction of sp³-hybridized carbons (Fsp3) is 0.367. The topological polar surface area (TPSA) is 110 Å². The van der Waals surface area contributed by atoms with Crippen LogP contribution in [-0.2, 0) is 23.3 Å². The molecule has 1 saturated carbocycles. The van der Waals surface area contributed by atoms with Crippen molar-refractivity contribution in [3.8, 4) is 11.6 Å². The van der Waals surface area contributed by atoms with Crippen molar-refractivity contribution in [3.05, 3.63) is 69.9 Å². The smallest absolute Gasteiger partial charge is 0.278 e. The van der Waals surface area contributed by atoms with Gasteiger partial charge in [-0.2, -0.15) is 4.98 Å². The lowest BCUT2D eigenvalue weighted by Gasteiger charge is -2.32. The molecule has 3 aliphatic heterocycles. The number of amides is 1. The van der Waals surface area contributed by atoms with E-state index in [0.29, 0.717) is 25.3 Å². The summed E-state index contributed by atoms with van der Waals surface area (Å²) in [4.78, 5) is 43.9. The molecule has 1 aliphatic carbocycles. The standard InChI is InChI=1S/C30H29FN8O3/c1-36-15-18-12-19(6-7-21(18)30(17-36)8-9-30)33-29-32-14-20-26(35-29)39-23-13-22(31)25-27(34-23)37(24(40)16-42-25)10-4-2-3-5-11-38(39)28(20)41/h3,5-7,12-14H,2,4,8-11,15-17H2,1H3,(H,32,33,35)/b5-3-. The van der Waals surface area contributed by atoms with Gasteiger partial charge in [0.25, 0.3) is 11.5 Å². The molecule has 214 valence electrons. The number of likely N-dealkylation sites (N-methyl/N-ethyl adjacent to an activating group) is 1. The van der Waals surface area contributed by atoms with Crippen LogP contribution in [0.3, 0.4) is 0 Å². The minimum Gasteiger partial charge on any atom is -0.477 e. The molecule has 1 N–H and O–H groups in total. The number of benzene rings is 1. The molecule has 0 unspecified atom stereocenters. The number of allylic oxidation sites excluding steroid dienone is 2. The van der Waals surface area contributed by atoms with Crippen LogP contribution >= 0.6 is 0 Å². The average Bonchev–Trinajstić information content (AvgIpc) is 3.66. The SMILES string of the molecule is CN1Cc2cc(Nc3ncc4c(=O)n5n(c4n3)-c3cc(F)c4c(n3)N(CCC/C=C\C5)C(=O)CO4)ccc2C2(CC2)C1. The Morgan fingerprint density at radius 2 is 2.00 bits per heavy atom. The van der Waals surface area contributed by atoms with E-state index in [1.54, 1.807) is 0 Å². The van der Waals surface area contributed by atoms with Gasteiger partial charge >= 0.3 is 0 Å². The number of rotatable bonds is 2. The number of nitrogens with zero attached hydrogens (tertiary/aromatic N) is 7. The molecule has 4 aliphatic rings. The second kappa shape index (κ2) is 9.21. The predicted molar refractivity (Wildman–Crippen MR) is 154 cm³/mol. The molecular formula is C30H29FN8O3. The van der Waals surface area contributed by atoms with E-state index < -0.39 is 5.82 Å². The zero-order valence-corrected chi connectivity index (χ0v) is 23.1. The van der Waals surface area contributed by atoms with Crippen molar-refractivity contribution in [2.75, 3.05) is 37.0 Å². The van der Waals surface area contributed by atoms with Gasteiger partial charge in [-0.3, -0.25) is 14.5 Å². The summed E-state index contributed by atoms with van der Waals surface area (Å²) in [6.07, 6.45) is 9.12. The number of carbonyl (C=O) groups is 1. The minimum atomic E-state index is -0.666. The van der Waals surface area contributed by atoms with Crippen molar-refractivity contribution < 1.29 is 13.9 Å². The summed E-state index contributed by atoms with van der Waals surface area (Å²) in [7, 11) is 2.15. The summed E-state index contributed by atoms with van der Waals surface area (Å²) in [5.74, 6) is -0.507. The number of halogens is 1. The van der Waals surface area contributed by atoms with Crippen molar-refractivity contribution in [1.29, 1.82) is 0 Å². The number of anilines is 3. The highest BCUT2D eigenvalue weighted by molar-refractivity contribution is 5.97. The molecule has 1 amide bonds. The van der Waals surface area contributed by atoms with Crippen LogP contribution in [0.15, 0.2) is 47.4 Å². The molecule has 1 spiro atoms. The Balaban J connectivity index is 1.25. The van der Waals surface area contributed by atoms with Gasteiger partial charge in [0.2, 0.25) is 5.95 Å². The molecule has 0 atom stereocenters. The Morgan fingerprint density at radius 3 is 2.86 bits per heavy atom. The molecule has 6 heterocycles. The first-order valence-electron chi connectivity index (χ1n) is 14.3. The molecule has 0 radical (unpaired) electrons. The van der Waals surface area contributed by atoms with Gasteiger partial charge in [-0.05, 0) is 56.0 Å². The zero-order chi connectivity index (χ0) is 28.6. The lowest BCUT2D eigenvalue weighted by atomic mass is 9.87. The van der Waals surface area contributed by atoms with Crippen LogP contribution < -0.4 is 20.5 Å². The first-order valence-corrected chi connectivity index (χ1v) is 14.3. The minimum absolute atomic E-state index is 0.0701. The van der Waals surface area contributed by atoms with Crippen molar-refractivity contribution in [3.63, 3.8) is 0 Å². The third-order valence-electron chi connectivity index (χ3n) is 8.68. The third-order valence-corrected chi connectivity index (χ3v) is 8.68. The molecule has 12 heteroatoms. The first-order chi connectivity index (χ1) is 20.4. The Kier molecular flexibility index (Phi) is 5.52. The maximum absolute atomic E-state index is 15.4. The Morgan fingerprint density at radius 1 is 1.12 bits per heavy atom. The number of aromatic nitrogens is 5. The number of nitrogens with one attached hydrogen (secondary N) is 1. The maximum Gasteiger partial charge on any atom is 0.278 e. The van der Waals surface area contributed by atoms with Crippen LogP contribution in [0.25, 0.3) is 16.9 Å². The third kappa shape index (κ3) is 3.92. The van der Waals surface area contributed by atoms with E-state index in [2.05, 4.69) is 39.4 Å². The summed E-state index contributed by atoms with van der Waals surface area (Å²) in [5.41, 5.74) is 3.80. The van der Waals surface area contributed by atoms with E-state index in [-0.39, 0.29) is 58.5 Å². The summed E-state index contributed by atoms with van der Waals surface area (Å²) in [6, 6.07) is 7.60. The quantitative estimate of drug-likeness (QED) is 0.367. The van der Waals surface area contributed by atoms with E-state index in [9.17, 15) is 9.59 Å². The van der Waals surface area contributed by atoms with Crippen molar-refractivity contribution in [2.24, 2.45) is 0 Å². The number of ether oxygens (including phenoxy) is 1. The predicted octanol–water partition coefficient (Wildman–Crippen LogP) is 3.41. The molecule has 3 aromatic heterocycles. The van der Waals surface area contributed by atoms with Crippen LogP contribution in [0, 0.1) is 5.82 Å². The Labute approximate surface area is 240 Å². The summed E-state index contributed by atoms with van der Waals surface area (Å²) in [6.45, 7) is 2.33. The average molecular weight is 569 g/mol. The normalized spacial score (nSPS) is 19.9. The highest BCUT2D eigenvalue weighted by Crippen LogP contribution is 2.52. The second-order valence-electron chi connectivity index (χ2n) is 11.6. The fourth-order valence-corrected chi connectivity index (χ4v) is 6.58. The lowest BCUT2D eigenvalue weighted by Crippen LogP contribution is -2.40. The largest absolute Gasteiger partial charge is 0.477 e. The molecular weight excluding hydrogens is 539 g/mol. The monoisotopic (exact) mass is 568 g/mol. The highest BCUT2D eigenvalue weighted by atomic mass is 19.1. The van der Waals surface area contributed by atoms with Crippen LogP contribution in [0.5, 0.6) is 5.75 Å². The van der Waals surface area contributed by atoms with E-state index >= 15 is 4.39 Å². The maximum atomic E-state index is 15.4. The van der Waals surface area contributed by atoms with Gasteiger partial charge in [-0.25, -0.2) is 23.7 Å². The molecule has 42 heavy (non-hydrogen) atoms. The fourth-order valence-electron chi connectivity index (χ4n) is 6.58. The number of hydrogen-bond donors (Lipinski definition) is 1. The Bertz CT molecular complexity index is 1870. The highest BCUT2D eigenvalue weighted by Gasteiger charge is 2.48. The van der Waals surface area contributed by atoms with E-state index in [4.69, 9.17) is 9.72 Å². The van der Waals surface area contributed by atoms with Gasteiger partial charge in [0.05, 0.1) is 6.54 Å². The Hall–Kier alpha value is -4.58. The lowest BCUT2D eigenvalue weighted by molar-refractivity contribution is -0.121. The van der Waals surface area contributed by atoms with E-state index in [0.717, 1.165) is 18.8 Å². The van der Waals surface area contributed by atoms with Gasteiger partial charge in [-0.1, -0.05) is 18.2 Å². The van der Waals surface area contributed by atoms with Crippen LogP contribution in [-0.4, -0.2) is 61.9 Å². The van der Waals surface area contributed by atoms with Gasteiger partial charge in [0.1, 0.15) is 5.39 Å². The van der Waals surface area contributed by atoms with E-state index in [1.165, 1.54) is 50.5 Å². The molecule has 2 bridgehead atoms. The van der Waals surface area contributed by atoms with Gasteiger partial charge < -0.3 is 15.0 Å². The van der Waals surface area contributed by atoms with Crippen LogP contribution in [0.4, 0.5) is 21.8 Å². The molecule has 0 saturated heterocycles. The molecule has 11 nitrogen and oxygen atoms in total. The number of carbonyl (C=O) groups excluding carboxylic acids is 1. The van der Waals surface area contributed by atoms with Crippen LogP contribution in [0.2, 0.25) is 0 Å². The van der Waals surface area contributed by atoms with E-state index in [1.807, 2.05) is 18.2 Å². The summed E-state index contributed by atoms with van der Waals surface area (Å²) < 4.78 is 23.8.